The van der Waals surface area contributed by atoms with Crippen LogP contribution in [0, 0.1) is 0 Å². The number of amides is 2. The molecule has 29 heavy (non-hydrogen) atoms. The zero-order valence-electron chi connectivity index (χ0n) is 16.7. The lowest BCUT2D eigenvalue weighted by molar-refractivity contribution is -0.121. The SMILES string of the molecule is CCOc1ccc(CNC(=O)CCc2ccc3nc(NC(=O)CC)sc3c2)cc1. The van der Waals surface area contributed by atoms with Crippen molar-refractivity contribution in [2.45, 2.75) is 39.7 Å². The summed E-state index contributed by atoms with van der Waals surface area (Å²) in [5.74, 6) is 0.797. The Morgan fingerprint density at radius 1 is 1.03 bits per heavy atom. The van der Waals surface area contributed by atoms with Gasteiger partial charge in [-0.05, 0) is 48.7 Å². The van der Waals surface area contributed by atoms with E-state index in [-0.39, 0.29) is 11.8 Å². The van der Waals surface area contributed by atoms with Crippen LogP contribution in [0.5, 0.6) is 5.75 Å². The summed E-state index contributed by atoms with van der Waals surface area (Å²) >= 11 is 1.45. The number of anilines is 1. The summed E-state index contributed by atoms with van der Waals surface area (Å²) in [5.41, 5.74) is 2.96. The topological polar surface area (TPSA) is 80.3 Å². The number of nitrogens with one attached hydrogen (secondary N) is 2. The van der Waals surface area contributed by atoms with E-state index in [0.29, 0.717) is 37.5 Å². The maximum absolute atomic E-state index is 12.2. The number of thiazole rings is 1. The van der Waals surface area contributed by atoms with Gasteiger partial charge in [-0.15, -0.1) is 0 Å². The summed E-state index contributed by atoms with van der Waals surface area (Å²) in [7, 11) is 0. The fourth-order valence-electron chi connectivity index (χ4n) is 2.80. The molecular formula is C22H25N3O3S. The maximum atomic E-state index is 12.2. The van der Waals surface area contributed by atoms with Crippen LogP contribution in [-0.4, -0.2) is 23.4 Å². The Bertz CT molecular complexity index is 983. The first-order valence-electron chi connectivity index (χ1n) is 9.75. The smallest absolute Gasteiger partial charge is 0.225 e. The molecule has 0 radical (unpaired) electrons. The van der Waals surface area contributed by atoms with Gasteiger partial charge in [-0.25, -0.2) is 4.98 Å². The summed E-state index contributed by atoms with van der Waals surface area (Å²) < 4.78 is 6.42. The molecule has 0 aliphatic carbocycles. The standard InChI is InChI=1S/C22H25N3O3S/c1-3-20(26)25-22-24-18-11-7-15(13-19(18)29-22)8-12-21(27)23-14-16-5-9-17(10-6-16)28-4-2/h5-7,9-11,13H,3-4,8,12,14H2,1-2H3,(H,23,27)(H,24,25,26). The van der Waals surface area contributed by atoms with Crippen LogP contribution in [-0.2, 0) is 22.6 Å². The van der Waals surface area contributed by atoms with Gasteiger partial charge in [-0.2, -0.15) is 0 Å². The summed E-state index contributed by atoms with van der Waals surface area (Å²) in [4.78, 5) is 28.1. The number of carbonyl (C=O) groups excluding carboxylic acids is 2. The molecule has 2 N–H and O–H groups in total. The van der Waals surface area contributed by atoms with Crippen molar-refractivity contribution in [3.8, 4) is 5.75 Å². The molecule has 0 atom stereocenters. The van der Waals surface area contributed by atoms with Crippen molar-refractivity contribution in [2.75, 3.05) is 11.9 Å². The van der Waals surface area contributed by atoms with Crippen LogP contribution < -0.4 is 15.4 Å². The number of carbonyl (C=O) groups is 2. The highest BCUT2D eigenvalue weighted by atomic mass is 32.1. The lowest BCUT2D eigenvalue weighted by Crippen LogP contribution is -2.22. The van der Waals surface area contributed by atoms with Crippen molar-refractivity contribution in [2.24, 2.45) is 0 Å². The summed E-state index contributed by atoms with van der Waals surface area (Å²) in [6, 6.07) is 13.7. The third-order valence-electron chi connectivity index (χ3n) is 4.39. The number of hydrogen-bond donors (Lipinski definition) is 2. The molecular weight excluding hydrogens is 386 g/mol. The van der Waals surface area contributed by atoms with Gasteiger partial charge in [-0.3, -0.25) is 9.59 Å². The van der Waals surface area contributed by atoms with Crippen LogP contribution in [0.15, 0.2) is 42.5 Å². The van der Waals surface area contributed by atoms with Gasteiger partial charge in [0, 0.05) is 19.4 Å². The van der Waals surface area contributed by atoms with Crippen LogP contribution >= 0.6 is 11.3 Å². The van der Waals surface area contributed by atoms with E-state index in [4.69, 9.17) is 4.74 Å². The van der Waals surface area contributed by atoms with Gasteiger partial charge in [0.1, 0.15) is 5.75 Å². The molecule has 0 saturated carbocycles. The maximum Gasteiger partial charge on any atom is 0.225 e. The van der Waals surface area contributed by atoms with E-state index in [1.54, 1.807) is 0 Å². The average Bonchev–Trinajstić information content (AvgIpc) is 3.13. The Balaban J connectivity index is 1.50. The number of aromatic nitrogens is 1. The van der Waals surface area contributed by atoms with E-state index in [1.165, 1.54) is 11.3 Å². The molecule has 0 saturated heterocycles. The van der Waals surface area contributed by atoms with Crippen molar-refractivity contribution < 1.29 is 14.3 Å². The molecule has 2 amide bonds. The second-order valence-corrected chi connectivity index (χ2v) is 7.61. The van der Waals surface area contributed by atoms with E-state index in [0.717, 1.165) is 27.1 Å². The molecule has 0 bridgehead atoms. The largest absolute Gasteiger partial charge is 0.494 e. The Hall–Kier alpha value is -2.93. The number of aryl methyl sites for hydroxylation is 1. The Labute approximate surface area is 174 Å². The first-order valence-corrected chi connectivity index (χ1v) is 10.6. The molecule has 0 aliphatic heterocycles. The molecule has 3 rings (SSSR count). The normalized spacial score (nSPS) is 10.7. The number of nitrogens with zero attached hydrogens (tertiary/aromatic N) is 1. The summed E-state index contributed by atoms with van der Waals surface area (Å²) in [6.07, 6.45) is 1.49. The van der Waals surface area contributed by atoms with E-state index >= 15 is 0 Å². The lowest BCUT2D eigenvalue weighted by atomic mass is 10.1. The van der Waals surface area contributed by atoms with Crippen molar-refractivity contribution in [3.05, 3.63) is 53.6 Å². The monoisotopic (exact) mass is 411 g/mol. The number of hydrogen-bond acceptors (Lipinski definition) is 5. The van der Waals surface area contributed by atoms with Crippen molar-refractivity contribution in [1.82, 2.24) is 10.3 Å². The molecule has 1 heterocycles. The van der Waals surface area contributed by atoms with Crippen LogP contribution in [0.3, 0.4) is 0 Å². The first kappa shape index (κ1) is 20.8. The molecule has 2 aromatic carbocycles. The number of rotatable bonds is 9. The van der Waals surface area contributed by atoms with Gasteiger partial charge in [0.15, 0.2) is 5.13 Å². The van der Waals surface area contributed by atoms with Crippen molar-refractivity contribution in [1.29, 1.82) is 0 Å². The molecule has 1 aromatic heterocycles. The van der Waals surface area contributed by atoms with Gasteiger partial charge in [-0.1, -0.05) is 36.5 Å². The van der Waals surface area contributed by atoms with Crippen LogP contribution in [0.2, 0.25) is 0 Å². The molecule has 7 heteroatoms. The van der Waals surface area contributed by atoms with Crippen LogP contribution in [0.4, 0.5) is 5.13 Å². The summed E-state index contributed by atoms with van der Waals surface area (Å²) in [6.45, 7) is 4.89. The minimum atomic E-state index is -0.0477. The fourth-order valence-corrected chi connectivity index (χ4v) is 3.75. The molecule has 0 aliphatic rings. The predicted molar refractivity (Wildman–Crippen MR) is 116 cm³/mol. The first-order chi connectivity index (χ1) is 14.1. The highest BCUT2D eigenvalue weighted by Gasteiger charge is 2.08. The number of benzene rings is 2. The second-order valence-electron chi connectivity index (χ2n) is 6.58. The number of ether oxygens (including phenoxy) is 1. The molecule has 0 spiro atoms. The van der Waals surface area contributed by atoms with E-state index in [1.807, 2.05) is 56.3 Å². The Morgan fingerprint density at radius 2 is 1.79 bits per heavy atom. The molecule has 152 valence electrons. The minimum absolute atomic E-state index is 0.0131. The van der Waals surface area contributed by atoms with Gasteiger partial charge in [0.25, 0.3) is 0 Å². The van der Waals surface area contributed by atoms with Gasteiger partial charge >= 0.3 is 0 Å². The third-order valence-corrected chi connectivity index (χ3v) is 5.32. The quantitative estimate of drug-likeness (QED) is 0.550. The van der Waals surface area contributed by atoms with Crippen molar-refractivity contribution in [3.63, 3.8) is 0 Å². The highest BCUT2D eigenvalue weighted by molar-refractivity contribution is 7.22. The highest BCUT2D eigenvalue weighted by Crippen LogP contribution is 2.27. The lowest BCUT2D eigenvalue weighted by Gasteiger charge is -2.07. The number of fused-ring (bicyclic) bond motifs is 1. The van der Waals surface area contributed by atoms with E-state index in [2.05, 4.69) is 15.6 Å². The third kappa shape index (κ3) is 6.02. The average molecular weight is 412 g/mol. The zero-order chi connectivity index (χ0) is 20.6. The predicted octanol–water partition coefficient (Wildman–Crippen LogP) is 4.29. The van der Waals surface area contributed by atoms with E-state index < -0.39 is 0 Å². The zero-order valence-corrected chi connectivity index (χ0v) is 17.5. The van der Waals surface area contributed by atoms with Gasteiger partial charge < -0.3 is 15.4 Å². The molecule has 0 unspecified atom stereocenters. The second kappa shape index (κ2) is 10.0. The van der Waals surface area contributed by atoms with Gasteiger partial charge in [0.05, 0.1) is 16.8 Å². The Morgan fingerprint density at radius 3 is 2.52 bits per heavy atom. The van der Waals surface area contributed by atoms with Crippen LogP contribution in [0.1, 0.15) is 37.8 Å². The van der Waals surface area contributed by atoms with Crippen LogP contribution in [0.25, 0.3) is 10.2 Å². The van der Waals surface area contributed by atoms with Crippen molar-refractivity contribution >= 4 is 38.5 Å². The van der Waals surface area contributed by atoms with Gasteiger partial charge in [0.2, 0.25) is 11.8 Å². The molecule has 3 aromatic rings. The Kier molecular flexibility index (Phi) is 7.19. The minimum Gasteiger partial charge on any atom is -0.494 e. The summed E-state index contributed by atoms with van der Waals surface area (Å²) in [5, 5.41) is 6.35. The van der Waals surface area contributed by atoms with E-state index in [9.17, 15) is 9.59 Å². The molecule has 0 fully saturated rings. The fraction of sp³-hybridized carbons (Fsp3) is 0.318. The molecule has 6 nitrogen and oxygen atoms in total.